The van der Waals surface area contributed by atoms with Crippen molar-refractivity contribution < 1.29 is 13.2 Å². The van der Waals surface area contributed by atoms with Crippen molar-refractivity contribution in [2.45, 2.75) is 13.0 Å². The van der Waals surface area contributed by atoms with Gasteiger partial charge in [-0.3, -0.25) is 9.69 Å². The number of hydrogen-bond acceptors (Lipinski definition) is 7. The van der Waals surface area contributed by atoms with Gasteiger partial charge in [-0.1, -0.05) is 36.4 Å². The Morgan fingerprint density at radius 2 is 1.80 bits per heavy atom. The third kappa shape index (κ3) is 4.39. The van der Waals surface area contributed by atoms with Crippen molar-refractivity contribution >= 4 is 21.4 Å². The van der Waals surface area contributed by atoms with Crippen LogP contribution in [0.5, 0.6) is 0 Å². The van der Waals surface area contributed by atoms with Crippen LogP contribution in [-0.4, -0.2) is 64.0 Å². The predicted molar refractivity (Wildman–Crippen MR) is 112 cm³/mol. The summed E-state index contributed by atoms with van der Waals surface area (Å²) in [4.78, 5) is 15.2. The molecule has 1 atom stereocenters. The molecule has 2 heterocycles. The molecule has 9 nitrogen and oxygen atoms in total. The summed E-state index contributed by atoms with van der Waals surface area (Å²) in [5.74, 6) is 0.524. The first-order valence-electron chi connectivity index (χ1n) is 9.59. The number of carbonyl (C=O) groups excluding carboxylic acids is 1. The molecule has 1 aromatic heterocycles. The van der Waals surface area contributed by atoms with Gasteiger partial charge in [0.25, 0.3) is 0 Å². The van der Waals surface area contributed by atoms with Crippen molar-refractivity contribution in [3.8, 4) is 5.69 Å². The summed E-state index contributed by atoms with van der Waals surface area (Å²) in [5.41, 5.74) is 2.16. The number of amides is 1. The number of carbonyl (C=O) groups is 1. The van der Waals surface area contributed by atoms with Crippen LogP contribution in [0.1, 0.15) is 17.4 Å². The highest BCUT2D eigenvalue weighted by Gasteiger charge is 2.32. The third-order valence-electron chi connectivity index (χ3n) is 5.09. The fourth-order valence-electron chi connectivity index (χ4n) is 3.54. The van der Waals surface area contributed by atoms with Gasteiger partial charge in [0.1, 0.15) is 6.04 Å². The van der Waals surface area contributed by atoms with Crippen molar-refractivity contribution in [1.82, 2.24) is 25.1 Å². The van der Waals surface area contributed by atoms with Crippen molar-refractivity contribution in [3.63, 3.8) is 0 Å². The van der Waals surface area contributed by atoms with Crippen LogP contribution >= 0.6 is 0 Å². The highest BCUT2D eigenvalue weighted by atomic mass is 32.2. The maximum absolute atomic E-state index is 13.3. The van der Waals surface area contributed by atoms with Gasteiger partial charge in [0.2, 0.25) is 5.91 Å². The summed E-state index contributed by atoms with van der Waals surface area (Å²) >= 11 is 0. The Balaban J connectivity index is 1.59. The van der Waals surface area contributed by atoms with Gasteiger partial charge in [-0.2, -0.15) is 4.68 Å². The molecule has 0 spiro atoms. The Morgan fingerprint density at radius 3 is 2.47 bits per heavy atom. The second-order valence-corrected chi connectivity index (χ2v) is 9.48. The fraction of sp³-hybridized carbons (Fsp3) is 0.300. The van der Waals surface area contributed by atoms with Gasteiger partial charge in [-0.05, 0) is 41.1 Å². The second kappa shape index (κ2) is 8.33. The van der Waals surface area contributed by atoms with Crippen LogP contribution in [0.2, 0.25) is 0 Å². The molecule has 1 unspecified atom stereocenters. The van der Waals surface area contributed by atoms with Gasteiger partial charge in [-0.25, -0.2) is 8.42 Å². The summed E-state index contributed by atoms with van der Waals surface area (Å²) in [5, 5.41) is 14.5. The molecule has 1 fully saturated rings. The number of hydrogen-bond donors (Lipinski definition) is 1. The van der Waals surface area contributed by atoms with Crippen LogP contribution in [0, 0.1) is 6.92 Å². The van der Waals surface area contributed by atoms with E-state index in [1.807, 2.05) is 47.4 Å². The molecule has 1 aliphatic rings. The quantitative estimate of drug-likeness (QED) is 0.656. The molecule has 4 rings (SSSR count). The summed E-state index contributed by atoms with van der Waals surface area (Å²) in [7, 11) is -3.05. The van der Waals surface area contributed by atoms with Crippen molar-refractivity contribution in [3.05, 3.63) is 66.0 Å². The highest BCUT2D eigenvalue weighted by molar-refractivity contribution is 7.91. The van der Waals surface area contributed by atoms with Crippen LogP contribution in [0.3, 0.4) is 0 Å². The summed E-state index contributed by atoms with van der Waals surface area (Å²) in [6.07, 6.45) is 0. The number of benzene rings is 2. The standard InChI is InChI=1S/C20H22N6O3S/c1-15-22-23-24-26(15)18-9-5-8-17(14-18)21-20(27)19(16-6-3-2-4-7-16)25-10-12-30(28,29)13-11-25/h2-9,14,19H,10-13H2,1H3,(H,21,27). The predicted octanol–water partition coefficient (Wildman–Crippen LogP) is 1.38. The first-order chi connectivity index (χ1) is 14.4. The minimum absolute atomic E-state index is 0.0532. The minimum Gasteiger partial charge on any atom is -0.324 e. The summed E-state index contributed by atoms with van der Waals surface area (Å²) in [6.45, 7) is 2.43. The Hall–Kier alpha value is -3.11. The van der Waals surface area contributed by atoms with Gasteiger partial charge in [-0.15, -0.1) is 5.10 Å². The molecular weight excluding hydrogens is 404 g/mol. The Morgan fingerprint density at radius 1 is 1.07 bits per heavy atom. The van der Waals surface area contributed by atoms with Crippen LogP contribution in [-0.2, 0) is 14.6 Å². The smallest absolute Gasteiger partial charge is 0.246 e. The molecule has 1 amide bonds. The molecule has 3 aromatic rings. The van der Waals surface area contributed by atoms with Crippen LogP contribution < -0.4 is 5.32 Å². The molecule has 30 heavy (non-hydrogen) atoms. The zero-order valence-electron chi connectivity index (χ0n) is 16.5. The van der Waals surface area contributed by atoms with E-state index in [9.17, 15) is 13.2 Å². The third-order valence-corrected chi connectivity index (χ3v) is 6.70. The maximum Gasteiger partial charge on any atom is 0.246 e. The number of anilines is 1. The number of aryl methyl sites for hydroxylation is 1. The maximum atomic E-state index is 13.3. The van der Waals surface area contributed by atoms with E-state index >= 15 is 0 Å². The lowest BCUT2D eigenvalue weighted by Gasteiger charge is -2.33. The largest absolute Gasteiger partial charge is 0.324 e. The number of sulfone groups is 1. The molecule has 10 heteroatoms. The van der Waals surface area contributed by atoms with Crippen LogP contribution in [0.25, 0.3) is 5.69 Å². The summed E-state index contributed by atoms with van der Waals surface area (Å²) in [6, 6.07) is 16.1. The van der Waals surface area contributed by atoms with Crippen molar-refractivity contribution in [1.29, 1.82) is 0 Å². The molecule has 0 saturated carbocycles. The van der Waals surface area contributed by atoms with E-state index in [2.05, 4.69) is 20.8 Å². The van der Waals surface area contributed by atoms with Crippen molar-refractivity contribution in [2.24, 2.45) is 0 Å². The van der Waals surface area contributed by atoms with Gasteiger partial charge in [0.05, 0.1) is 17.2 Å². The number of aromatic nitrogens is 4. The molecule has 1 aliphatic heterocycles. The summed E-state index contributed by atoms with van der Waals surface area (Å²) < 4.78 is 25.3. The zero-order chi connectivity index (χ0) is 21.1. The van der Waals surface area contributed by atoms with E-state index in [1.54, 1.807) is 23.7 Å². The van der Waals surface area contributed by atoms with Gasteiger partial charge in [0, 0.05) is 18.8 Å². The van der Waals surface area contributed by atoms with Gasteiger partial charge in [0.15, 0.2) is 15.7 Å². The first-order valence-corrected chi connectivity index (χ1v) is 11.4. The molecule has 156 valence electrons. The molecule has 1 N–H and O–H groups in total. The van der Waals surface area contributed by atoms with Crippen molar-refractivity contribution in [2.75, 3.05) is 29.9 Å². The average molecular weight is 427 g/mol. The number of nitrogens with zero attached hydrogens (tertiary/aromatic N) is 5. The molecule has 2 aromatic carbocycles. The molecule has 0 radical (unpaired) electrons. The van der Waals surface area contributed by atoms with E-state index in [0.717, 1.165) is 11.3 Å². The second-order valence-electron chi connectivity index (χ2n) is 7.18. The lowest BCUT2D eigenvalue weighted by Crippen LogP contribution is -2.46. The monoisotopic (exact) mass is 426 g/mol. The molecule has 1 saturated heterocycles. The van der Waals surface area contributed by atoms with Crippen LogP contribution in [0.15, 0.2) is 54.6 Å². The molecule has 0 aliphatic carbocycles. The Bertz CT molecular complexity index is 1130. The zero-order valence-corrected chi connectivity index (χ0v) is 17.3. The van der Waals surface area contributed by atoms with E-state index in [4.69, 9.17) is 0 Å². The highest BCUT2D eigenvalue weighted by Crippen LogP contribution is 2.25. The lowest BCUT2D eigenvalue weighted by molar-refractivity contribution is -0.121. The van der Waals surface area contributed by atoms with Gasteiger partial charge >= 0.3 is 0 Å². The number of tetrazole rings is 1. The molecular formula is C20H22N6O3S. The van der Waals surface area contributed by atoms with Crippen LogP contribution in [0.4, 0.5) is 5.69 Å². The topological polar surface area (TPSA) is 110 Å². The minimum atomic E-state index is -3.05. The van der Waals surface area contributed by atoms with E-state index < -0.39 is 15.9 Å². The van der Waals surface area contributed by atoms with E-state index in [1.165, 1.54) is 0 Å². The normalized spacial score (nSPS) is 17.4. The first kappa shape index (κ1) is 20.2. The van der Waals surface area contributed by atoms with E-state index in [-0.39, 0.29) is 17.4 Å². The Kier molecular flexibility index (Phi) is 5.60. The SMILES string of the molecule is Cc1nnnn1-c1cccc(NC(=O)C(c2ccccc2)N2CCS(=O)(=O)CC2)c1. The molecule has 0 bridgehead atoms. The fourth-order valence-corrected chi connectivity index (χ4v) is 4.77. The number of nitrogens with one attached hydrogen (secondary N) is 1. The average Bonchev–Trinajstić information content (AvgIpc) is 3.16. The number of rotatable bonds is 5. The van der Waals surface area contributed by atoms with E-state index in [0.29, 0.717) is 24.6 Å². The lowest BCUT2D eigenvalue weighted by atomic mass is 10.0. The Labute approximate surface area is 174 Å². The van der Waals surface area contributed by atoms with Gasteiger partial charge < -0.3 is 5.32 Å².